The van der Waals surface area contributed by atoms with Crippen molar-refractivity contribution in [3.8, 4) is 17.2 Å². The third-order valence-corrected chi connectivity index (χ3v) is 2.98. The molecular weight excluding hydrogens is 341 g/mol. The Labute approximate surface area is 138 Å². The number of ether oxygens (including phenoxy) is 2. The van der Waals surface area contributed by atoms with E-state index in [1.165, 1.54) is 35.3 Å². The molecule has 0 aliphatic carbocycles. The number of rotatable bonds is 4. The van der Waals surface area contributed by atoms with Crippen molar-refractivity contribution in [3.63, 3.8) is 0 Å². The lowest BCUT2D eigenvalue weighted by Crippen LogP contribution is -2.17. The predicted molar refractivity (Wildman–Crippen MR) is 77.2 cm³/mol. The zero-order chi connectivity index (χ0) is 17.9. The highest BCUT2D eigenvalue weighted by molar-refractivity contribution is 5.91. The summed E-state index contributed by atoms with van der Waals surface area (Å²) in [5.41, 5.74) is 0.748. The van der Waals surface area contributed by atoms with Gasteiger partial charge in [-0.1, -0.05) is 0 Å². The Morgan fingerprint density at radius 2 is 1.60 bits per heavy atom. The number of halogens is 3. The van der Waals surface area contributed by atoms with Crippen molar-refractivity contribution < 1.29 is 27.4 Å². The van der Waals surface area contributed by atoms with Gasteiger partial charge in [-0.05, 0) is 59.0 Å². The second-order valence-electron chi connectivity index (χ2n) is 4.71. The largest absolute Gasteiger partial charge is 0.573 e. The van der Waals surface area contributed by atoms with Gasteiger partial charge in [0.2, 0.25) is 0 Å². The molecule has 1 heterocycles. The molecule has 0 bridgehead atoms. The number of carbonyl (C=O) groups excluding carboxylic acids is 1. The standard InChI is InChI=1S/C15H9F3N4O3/c16-15(17,18)25-13-5-1-10(2-6-13)14(23)24-12-7-3-11(4-8-12)22-9-19-20-21-22/h1-9H. The molecule has 10 heteroatoms. The zero-order valence-electron chi connectivity index (χ0n) is 12.3. The molecule has 3 rings (SSSR count). The minimum absolute atomic E-state index is 0.0825. The second kappa shape index (κ2) is 6.59. The van der Waals surface area contributed by atoms with E-state index in [9.17, 15) is 18.0 Å². The molecule has 25 heavy (non-hydrogen) atoms. The summed E-state index contributed by atoms with van der Waals surface area (Å²) in [5.74, 6) is -0.874. The summed E-state index contributed by atoms with van der Waals surface area (Å²) in [6.07, 6.45) is -3.38. The Bertz CT molecular complexity index is 847. The maximum Gasteiger partial charge on any atom is 0.573 e. The van der Waals surface area contributed by atoms with Crippen LogP contribution in [0.4, 0.5) is 13.2 Å². The van der Waals surface area contributed by atoms with E-state index >= 15 is 0 Å². The summed E-state index contributed by atoms with van der Waals surface area (Å²) < 4.78 is 46.6. The van der Waals surface area contributed by atoms with E-state index < -0.39 is 18.1 Å². The average molecular weight is 350 g/mol. The summed E-state index contributed by atoms with van der Waals surface area (Å²) in [4.78, 5) is 12.0. The third kappa shape index (κ3) is 4.31. The fourth-order valence-electron chi connectivity index (χ4n) is 1.91. The summed E-state index contributed by atoms with van der Waals surface area (Å²) in [6.45, 7) is 0. The van der Waals surface area contributed by atoms with Gasteiger partial charge in [0.15, 0.2) is 0 Å². The first kappa shape index (κ1) is 16.4. The first-order valence-electron chi connectivity index (χ1n) is 6.82. The molecular formula is C15H9F3N4O3. The van der Waals surface area contributed by atoms with Crippen molar-refractivity contribution in [1.29, 1.82) is 0 Å². The van der Waals surface area contributed by atoms with Crippen LogP contribution in [0.2, 0.25) is 0 Å². The number of esters is 1. The number of aromatic nitrogens is 4. The van der Waals surface area contributed by atoms with Crippen LogP contribution in [0.3, 0.4) is 0 Å². The van der Waals surface area contributed by atoms with Gasteiger partial charge >= 0.3 is 12.3 Å². The van der Waals surface area contributed by atoms with Gasteiger partial charge in [0.1, 0.15) is 17.8 Å². The minimum Gasteiger partial charge on any atom is -0.423 e. The fraction of sp³-hybridized carbons (Fsp3) is 0.0667. The van der Waals surface area contributed by atoms with Crippen molar-refractivity contribution in [2.24, 2.45) is 0 Å². The van der Waals surface area contributed by atoms with Gasteiger partial charge in [-0.2, -0.15) is 0 Å². The van der Waals surface area contributed by atoms with Crippen LogP contribution in [-0.2, 0) is 0 Å². The van der Waals surface area contributed by atoms with Gasteiger partial charge in [0, 0.05) is 0 Å². The van der Waals surface area contributed by atoms with E-state index in [1.54, 1.807) is 12.1 Å². The molecule has 0 aliphatic rings. The normalized spacial score (nSPS) is 11.2. The summed E-state index contributed by atoms with van der Waals surface area (Å²) in [7, 11) is 0. The Balaban J connectivity index is 1.65. The molecule has 0 fully saturated rings. The van der Waals surface area contributed by atoms with Crippen LogP contribution in [-0.4, -0.2) is 32.5 Å². The molecule has 0 atom stereocenters. The molecule has 0 spiro atoms. The zero-order valence-corrected chi connectivity index (χ0v) is 12.3. The van der Waals surface area contributed by atoms with Crippen molar-refractivity contribution in [3.05, 3.63) is 60.4 Å². The van der Waals surface area contributed by atoms with E-state index in [-0.39, 0.29) is 11.3 Å². The van der Waals surface area contributed by atoms with Crippen LogP contribution >= 0.6 is 0 Å². The summed E-state index contributed by atoms with van der Waals surface area (Å²) >= 11 is 0. The first-order valence-corrected chi connectivity index (χ1v) is 6.82. The Kier molecular flexibility index (Phi) is 4.33. The van der Waals surface area contributed by atoms with Crippen molar-refractivity contribution in [2.45, 2.75) is 6.36 Å². The van der Waals surface area contributed by atoms with Gasteiger partial charge in [0.25, 0.3) is 0 Å². The van der Waals surface area contributed by atoms with E-state index in [0.29, 0.717) is 5.69 Å². The molecule has 128 valence electrons. The van der Waals surface area contributed by atoms with Crippen LogP contribution in [0.1, 0.15) is 10.4 Å². The molecule has 3 aromatic rings. The van der Waals surface area contributed by atoms with Crippen molar-refractivity contribution in [2.75, 3.05) is 0 Å². The van der Waals surface area contributed by atoms with Crippen LogP contribution in [0, 0.1) is 0 Å². The monoisotopic (exact) mass is 350 g/mol. The number of alkyl halides is 3. The van der Waals surface area contributed by atoms with Gasteiger partial charge in [-0.3, -0.25) is 0 Å². The molecule has 0 aliphatic heterocycles. The highest BCUT2D eigenvalue weighted by atomic mass is 19.4. The topological polar surface area (TPSA) is 79.1 Å². The number of hydrogen-bond donors (Lipinski definition) is 0. The van der Waals surface area contributed by atoms with Crippen molar-refractivity contribution in [1.82, 2.24) is 20.2 Å². The van der Waals surface area contributed by atoms with Crippen LogP contribution in [0.25, 0.3) is 5.69 Å². The Hall–Kier alpha value is -3.43. The second-order valence-corrected chi connectivity index (χ2v) is 4.71. The lowest BCUT2D eigenvalue weighted by molar-refractivity contribution is -0.274. The molecule has 0 saturated carbocycles. The molecule has 0 radical (unpaired) electrons. The Morgan fingerprint density at radius 1 is 0.960 bits per heavy atom. The maximum absolute atomic E-state index is 12.1. The van der Waals surface area contributed by atoms with E-state index in [2.05, 4.69) is 20.3 Å². The number of hydrogen-bond acceptors (Lipinski definition) is 6. The van der Waals surface area contributed by atoms with Gasteiger partial charge in [-0.15, -0.1) is 18.3 Å². The van der Waals surface area contributed by atoms with E-state index in [4.69, 9.17) is 4.74 Å². The molecule has 7 nitrogen and oxygen atoms in total. The molecule has 0 N–H and O–H groups in total. The smallest absolute Gasteiger partial charge is 0.423 e. The number of tetrazole rings is 1. The van der Waals surface area contributed by atoms with E-state index in [1.807, 2.05) is 0 Å². The summed E-state index contributed by atoms with van der Waals surface area (Å²) in [5, 5.41) is 10.7. The van der Waals surface area contributed by atoms with Gasteiger partial charge < -0.3 is 9.47 Å². The molecule has 2 aromatic carbocycles. The molecule has 1 aromatic heterocycles. The lowest BCUT2D eigenvalue weighted by Gasteiger charge is -2.09. The highest BCUT2D eigenvalue weighted by Gasteiger charge is 2.31. The molecule has 0 unspecified atom stereocenters. The quantitative estimate of drug-likeness (QED) is 0.532. The number of benzene rings is 2. The number of carbonyl (C=O) groups is 1. The third-order valence-electron chi connectivity index (χ3n) is 2.98. The van der Waals surface area contributed by atoms with Gasteiger partial charge in [0.05, 0.1) is 11.3 Å². The minimum atomic E-state index is -4.79. The van der Waals surface area contributed by atoms with E-state index in [0.717, 1.165) is 12.1 Å². The lowest BCUT2D eigenvalue weighted by atomic mass is 10.2. The first-order chi connectivity index (χ1) is 11.9. The maximum atomic E-state index is 12.1. The predicted octanol–water partition coefficient (Wildman–Crippen LogP) is 2.78. The SMILES string of the molecule is O=C(Oc1ccc(-n2cnnn2)cc1)c1ccc(OC(F)(F)F)cc1. The molecule has 0 amide bonds. The Morgan fingerprint density at radius 3 is 2.16 bits per heavy atom. The highest BCUT2D eigenvalue weighted by Crippen LogP contribution is 2.23. The fourth-order valence-corrected chi connectivity index (χ4v) is 1.91. The average Bonchev–Trinajstić information content (AvgIpc) is 3.09. The number of nitrogens with zero attached hydrogens (tertiary/aromatic N) is 4. The van der Waals surface area contributed by atoms with Crippen LogP contribution in [0.5, 0.6) is 11.5 Å². The van der Waals surface area contributed by atoms with Crippen LogP contribution in [0.15, 0.2) is 54.9 Å². The van der Waals surface area contributed by atoms with Crippen LogP contribution < -0.4 is 9.47 Å². The summed E-state index contributed by atoms with van der Waals surface area (Å²) in [6, 6.07) is 10.8. The van der Waals surface area contributed by atoms with Gasteiger partial charge in [-0.25, -0.2) is 9.48 Å². The van der Waals surface area contributed by atoms with Crippen molar-refractivity contribution >= 4 is 5.97 Å². The molecule has 0 saturated heterocycles.